The van der Waals surface area contributed by atoms with Crippen molar-refractivity contribution in [2.24, 2.45) is 0 Å². The number of aliphatic hydroxyl groups is 1. The minimum absolute atomic E-state index is 0.204. The number of aliphatic hydroxyl groups excluding tert-OH is 1. The Hall–Kier alpha value is -0.800. The van der Waals surface area contributed by atoms with Crippen molar-refractivity contribution >= 4 is 11.8 Å². The summed E-state index contributed by atoms with van der Waals surface area (Å²) in [5, 5.41) is 9.52. The molecule has 0 saturated carbocycles. The molecule has 0 aliphatic rings. The third-order valence-electron chi connectivity index (χ3n) is 2.25. The fourth-order valence-electron chi connectivity index (χ4n) is 1.24. The maximum absolute atomic E-state index is 13.2. The summed E-state index contributed by atoms with van der Waals surface area (Å²) in [6.07, 6.45) is -0.445. The Labute approximate surface area is 100 Å². The van der Waals surface area contributed by atoms with Crippen LogP contribution < -0.4 is 0 Å². The highest BCUT2D eigenvalue weighted by molar-refractivity contribution is 7.99. The normalized spacial score (nSPS) is 14.4. The van der Waals surface area contributed by atoms with E-state index in [0.717, 1.165) is 4.90 Å². The molecular weight excluding hydrogens is 223 g/mol. The topological polar surface area (TPSA) is 20.2 Å². The lowest BCUT2D eigenvalue weighted by atomic mass is 10.2. The molecule has 0 unspecified atom stereocenters. The number of allylic oxidation sites excluding steroid dienone is 1. The van der Waals surface area contributed by atoms with E-state index in [1.165, 1.54) is 23.4 Å². The van der Waals surface area contributed by atoms with Crippen LogP contribution in [0.5, 0.6) is 0 Å². The van der Waals surface area contributed by atoms with Crippen molar-refractivity contribution in [1.29, 1.82) is 0 Å². The van der Waals surface area contributed by atoms with Crippen LogP contribution in [-0.4, -0.2) is 23.1 Å². The highest BCUT2D eigenvalue weighted by atomic mass is 32.2. The summed E-state index contributed by atoms with van der Waals surface area (Å²) in [5.41, 5.74) is 1.19. The molecular formula is C13H17FOS. The lowest BCUT2D eigenvalue weighted by molar-refractivity contribution is 0.0986. The summed E-state index contributed by atoms with van der Waals surface area (Å²) in [4.78, 5) is 1.05. The molecule has 0 spiro atoms. The quantitative estimate of drug-likeness (QED) is 0.608. The van der Waals surface area contributed by atoms with Crippen LogP contribution in [0.3, 0.4) is 0 Å². The average molecular weight is 240 g/mol. The van der Waals surface area contributed by atoms with Crippen LogP contribution in [0.4, 0.5) is 4.39 Å². The van der Waals surface area contributed by atoms with Crippen molar-refractivity contribution in [3.05, 3.63) is 42.5 Å². The minimum atomic E-state index is -1.21. The van der Waals surface area contributed by atoms with Crippen LogP contribution in [0.1, 0.15) is 12.0 Å². The molecule has 0 radical (unpaired) electrons. The molecule has 0 saturated heterocycles. The van der Waals surface area contributed by atoms with E-state index in [-0.39, 0.29) is 6.42 Å². The minimum Gasteiger partial charge on any atom is -0.389 e. The first-order chi connectivity index (χ1) is 7.63. The van der Waals surface area contributed by atoms with Crippen molar-refractivity contribution in [3.63, 3.8) is 0 Å². The molecule has 1 N–H and O–H groups in total. The first-order valence-corrected chi connectivity index (χ1v) is 6.24. The van der Waals surface area contributed by atoms with Gasteiger partial charge in [0, 0.05) is 10.6 Å². The summed E-state index contributed by atoms with van der Waals surface area (Å²) in [6, 6.07) is 7.97. The van der Waals surface area contributed by atoms with Crippen LogP contribution in [0, 0.1) is 6.92 Å². The Morgan fingerprint density at radius 3 is 2.62 bits per heavy atom. The van der Waals surface area contributed by atoms with Gasteiger partial charge in [0.25, 0.3) is 0 Å². The zero-order valence-electron chi connectivity index (χ0n) is 9.40. The van der Waals surface area contributed by atoms with Gasteiger partial charge in [0.2, 0.25) is 0 Å². The van der Waals surface area contributed by atoms with Crippen molar-refractivity contribution < 1.29 is 9.50 Å². The number of halogens is 1. The summed E-state index contributed by atoms with van der Waals surface area (Å²) in [5.74, 6) is 0.373. The highest BCUT2D eigenvalue weighted by Gasteiger charge is 2.16. The SMILES string of the molecule is C=CC[C@@H](F)[C@@H](O)CSc1ccc(C)cc1. The fourth-order valence-corrected chi connectivity index (χ4v) is 2.14. The van der Waals surface area contributed by atoms with E-state index in [1.807, 2.05) is 31.2 Å². The van der Waals surface area contributed by atoms with Gasteiger partial charge in [0.05, 0.1) is 6.10 Å². The Balaban J connectivity index is 2.39. The van der Waals surface area contributed by atoms with E-state index in [2.05, 4.69) is 6.58 Å². The molecule has 1 nitrogen and oxygen atoms in total. The summed E-state index contributed by atoms with van der Waals surface area (Å²) < 4.78 is 13.2. The van der Waals surface area contributed by atoms with E-state index < -0.39 is 12.3 Å². The van der Waals surface area contributed by atoms with Crippen molar-refractivity contribution in [1.82, 2.24) is 0 Å². The van der Waals surface area contributed by atoms with Gasteiger partial charge in [-0.2, -0.15) is 0 Å². The second-order valence-corrected chi connectivity index (χ2v) is 4.83. The number of thioether (sulfide) groups is 1. The molecule has 16 heavy (non-hydrogen) atoms. The van der Waals surface area contributed by atoms with E-state index in [4.69, 9.17) is 0 Å². The van der Waals surface area contributed by atoms with Gasteiger partial charge in [-0.05, 0) is 25.5 Å². The largest absolute Gasteiger partial charge is 0.389 e. The van der Waals surface area contributed by atoms with Gasteiger partial charge in [-0.25, -0.2) is 4.39 Å². The van der Waals surface area contributed by atoms with E-state index >= 15 is 0 Å². The predicted molar refractivity (Wildman–Crippen MR) is 67.6 cm³/mol. The third kappa shape index (κ3) is 4.37. The Morgan fingerprint density at radius 2 is 2.06 bits per heavy atom. The fraction of sp³-hybridized carbons (Fsp3) is 0.385. The van der Waals surface area contributed by atoms with Gasteiger partial charge < -0.3 is 5.11 Å². The lowest BCUT2D eigenvalue weighted by Crippen LogP contribution is -2.23. The third-order valence-corrected chi connectivity index (χ3v) is 3.36. The molecule has 0 bridgehead atoms. The Bertz CT molecular complexity index is 323. The van der Waals surface area contributed by atoms with E-state index in [1.54, 1.807) is 0 Å². The van der Waals surface area contributed by atoms with Crippen LogP contribution in [0.2, 0.25) is 0 Å². The smallest absolute Gasteiger partial charge is 0.130 e. The van der Waals surface area contributed by atoms with Gasteiger partial charge in [0.1, 0.15) is 6.17 Å². The summed E-state index contributed by atoms with van der Waals surface area (Å²) in [7, 11) is 0. The molecule has 1 aromatic carbocycles. The number of benzene rings is 1. The zero-order chi connectivity index (χ0) is 12.0. The number of alkyl halides is 1. The van der Waals surface area contributed by atoms with Gasteiger partial charge >= 0.3 is 0 Å². The highest BCUT2D eigenvalue weighted by Crippen LogP contribution is 2.21. The van der Waals surface area contributed by atoms with Crippen LogP contribution in [0.15, 0.2) is 41.8 Å². The first kappa shape index (κ1) is 13.3. The van der Waals surface area contributed by atoms with Crippen LogP contribution >= 0.6 is 11.8 Å². The second-order valence-electron chi connectivity index (χ2n) is 3.73. The monoisotopic (exact) mass is 240 g/mol. The second kappa shape index (κ2) is 6.71. The number of hydrogen-bond acceptors (Lipinski definition) is 2. The van der Waals surface area contributed by atoms with Crippen molar-refractivity contribution in [3.8, 4) is 0 Å². The zero-order valence-corrected chi connectivity index (χ0v) is 10.2. The van der Waals surface area contributed by atoms with Gasteiger partial charge in [-0.15, -0.1) is 18.3 Å². The number of rotatable bonds is 6. The maximum Gasteiger partial charge on any atom is 0.130 e. The van der Waals surface area contributed by atoms with Crippen LogP contribution in [0.25, 0.3) is 0 Å². The maximum atomic E-state index is 13.2. The molecule has 0 amide bonds. The molecule has 1 rings (SSSR count). The van der Waals surface area contributed by atoms with Crippen LogP contribution in [-0.2, 0) is 0 Å². The molecule has 0 aliphatic carbocycles. The first-order valence-electron chi connectivity index (χ1n) is 5.26. The molecule has 2 atom stereocenters. The summed E-state index contributed by atoms with van der Waals surface area (Å²) >= 11 is 1.47. The summed E-state index contributed by atoms with van der Waals surface area (Å²) in [6.45, 7) is 5.47. The Morgan fingerprint density at radius 1 is 1.44 bits per heavy atom. The van der Waals surface area contributed by atoms with E-state index in [0.29, 0.717) is 5.75 Å². The van der Waals surface area contributed by atoms with Crippen molar-refractivity contribution in [2.45, 2.75) is 30.5 Å². The molecule has 3 heteroatoms. The van der Waals surface area contributed by atoms with Gasteiger partial charge in [0.15, 0.2) is 0 Å². The molecule has 0 aliphatic heterocycles. The predicted octanol–water partition coefficient (Wildman–Crippen LogP) is 3.36. The van der Waals surface area contributed by atoms with Crippen molar-refractivity contribution in [2.75, 3.05) is 5.75 Å². The molecule has 0 fully saturated rings. The molecule has 88 valence electrons. The molecule has 1 aromatic rings. The van der Waals surface area contributed by atoms with E-state index in [9.17, 15) is 9.50 Å². The Kier molecular flexibility index (Phi) is 5.56. The molecule has 0 aromatic heterocycles. The van der Waals surface area contributed by atoms with Gasteiger partial charge in [-0.3, -0.25) is 0 Å². The van der Waals surface area contributed by atoms with Gasteiger partial charge in [-0.1, -0.05) is 23.8 Å². The lowest BCUT2D eigenvalue weighted by Gasteiger charge is -2.13. The average Bonchev–Trinajstić information content (AvgIpc) is 2.28. The number of hydrogen-bond donors (Lipinski definition) is 1. The standard InChI is InChI=1S/C13H17FOS/c1-3-4-12(14)13(15)9-16-11-7-5-10(2)6-8-11/h3,5-8,12-13,15H,1,4,9H2,2H3/t12-,13+/m1/s1. The molecule has 0 heterocycles. The number of aryl methyl sites for hydroxylation is 1.